The van der Waals surface area contributed by atoms with Crippen LogP contribution in [-0.4, -0.2) is 73.1 Å². The molecule has 1 unspecified atom stereocenters. The molecule has 1 aliphatic rings. The van der Waals surface area contributed by atoms with Gasteiger partial charge in [-0.15, -0.1) is 0 Å². The van der Waals surface area contributed by atoms with Crippen molar-refractivity contribution in [3.63, 3.8) is 0 Å². The Balaban J connectivity index is 1.74. The lowest BCUT2D eigenvalue weighted by Gasteiger charge is -2.25. The highest BCUT2D eigenvalue weighted by Gasteiger charge is 2.34. The van der Waals surface area contributed by atoms with Gasteiger partial charge in [0.2, 0.25) is 18.1 Å². The fourth-order valence-electron chi connectivity index (χ4n) is 4.70. The predicted molar refractivity (Wildman–Crippen MR) is 155 cm³/mol. The van der Waals surface area contributed by atoms with E-state index in [0.29, 0.717) is 30.7 Å². The Labute approximate surface area is 245 Å². The molecule has 0 bridgehead atoms. The van der Waals surface area contributed by atoms with Crippen LogP contribution in [0.4, 0.5) is 0 Å². The summed E-state index contributed by atoms with van der Waals surface area (Å²) in [4.78, 5) is 67.2. The number of amides is 3. The molecule has 0 aliphatic carbocycles. The molecule has 12 nitrogen and oxygen atoms in total. The van der Waals surface area contributed by atoms with Gasteiger partial charge in [0.05, 0.1) is 19.1 Å². The largest absolute Gasteiger partial charge is 0.496 e. The summed E-state index contributed by atoms with van der Waals surface area (Å²) in [6.07, 6.45) is -0.0650. The van der Waals surface area contributed by atoms with Crippen LogP contribution in [0, 0.1) is 17.8 Å². The average molecular weight is 587 g/mol. The number of aromatic amines is 1. The first kappa shape index (κ1) is 32.6. The topological polar surface area (TPSA) is 165 Å². The molecular weight excluding hydrogens is 544 g/mol. The summed E-state index contributed by atoms with van der Waals surface area (Å²) in [6.45, 7) is 8.74. The molecule has 1 fully saturated rings. The summed E-state index contributed by atoms with van der Waals surface area (Å²) in [7, 11) is 1.54. The number of hydrogen-bond donors (Lipinski definition) is 4. The maximum Gasteiger partial charge on any atom is 0.310 e. The fraction of sp³-hybridized carbons (Fsp3) is 0.567. The Morgan fingerprint density at radius 3 is 2.40 bits per heavy atom. The third-order valence-electron chi connectivity index (χ3n) is 7.02. The molecule has 230 valence electrons. The average Bonchev–Trinajstić information content (AvgIpc) is 3.56. The van der Waals surface area contributed by atoms with Crippen LogP contribution in [0.25, 0.3) is 10.9 Å². The number of H-pyrrole nitrogens is 1. The van der Waals surface area contributed by atoms with Gasteiger partial charge in [0.15, 0.2) is 5.78 Å². The van der Waals surface area contributed by atoms with Crippen molar-refractivity contribution >= 4 is 40.4 Å². The van der Waals surface area contributed by atoms with Crippen LogP contribution in [0.3, 0.4) is 0 Å². The smallest absolute Gasteiger partial charge is 0.310 e. The van der Waals surface area contributed by atoms with Gasteiger partial charge in [-0.2, -0.15) is 0 Å². The van der Waals surface area contributed by atoms with E-state index in [-0.39, 0.29) is 29.9 Å². The van der Waals surface area contributed by atoms with Crippen molar-refractivity contribution < 1.29 is 38.2 Å². The van der Waals surface area contributed by atoms with Crippen molar-refractivity contribution in [1.29, 1.82) is 0 Å². The van der Waals surface area contributed by atoms with Gasteiger partial charge in [-0.1, -0.05) is 33.8 Å². The zero-order chi connectivity index (χ0) is 31.0. The number of ether oxygens (including phenoxy) is 3. The molecule has 0 saturated carbocycles. The van der Waals surface area contributed by atoms with Gasteiger partial charge in [0.25, 0.3) is 5.91 Å². The normalized spacial score (nSPS) is 17.0. The summed E-state index contributed by atoms with van der Waals surface area (Å²) in [6, 6.07) is 5.05. The molecule has 0 radical (unpaired) electrons. The van der Waals surface area contributed by atoms with Crippen molar-refractivity contribution in [2.24, 2.45) is 17.8 Å². The molecule has 42 heavy (non-hydrogen) atoms. The van der Waals surface area contributed by atoms with Crippen LogP contribution in [0.5, 0.6) is 5.75 Å². The van der Waals surface area contributed by atoms with E-state index in [1.165, 1.54) is 6.92 Å². The number of Topliss-reactive ketones (excluding diaryl/α,β-unsaturated/α-hetero) is 1. The first-order valence-corrected chi connectivity index (χ1v) is 14.3. The van der Waals surface area contributed by atoms with Gasteiger partial charge in [-0.05, 0) is 50.3 Å². The summed E-state index contributed by atoms with van der Waals surface area (Å²) in [5.74, 6) is -2.36. The number of rotatable bonds is 15. The summed E-state index contributed by atoms with van der Waals surface area (Å²) in [5, 5.41) is 9.01. The number of fused-ring (bicyclic) bond motifs is 1. The molecule has 3 rings (SSSR count). The predicted octanol–water partition coefficient (Wildman–Crippen LogP) is 2.46. The molecule has 1 aliphatic heterocycles. The van der Waals surface area contributed by atoms with Gasteiger partial charge in [0.1, 0.15) is 24.1 Å². The molecule has 0 spiro atoms. The quantitative estimate of drug-likeness (QED) is 0.183. The Hall–Kier alpha value is -3.93. The Morgan fingerprint density at radius 1 is 1.05 bits per heavy atom. The molecule has 1 saturated heterocycles. The van der Waals surface area contributed by atoms with E-state index in [9.17, 15) is 24.0 Å². The second-order valence-corrected chi connectivity index (χ2v) is 11.3. The standard InChI is InChI=1S/C30H42N4O8/c1-16(2)12-23(34-29(38)24-14-20-21(32-24)8-7-9-26(20)40-6)28(37)33-22(13-19-10-11-31-27(19)36)25(35)15-41-18(5)42-30(39)17(3)4/h7-9,14,16-19,22-23,32H,10-13,15H2,1-6H3,(H,31,36)(H,33,37)(H,34,38)/t18?,19-,22-,23-/m0/s1. The lowest BCUT2D eigenvalue weighted by atomic mass is 9.95. The SMILES string of the molecule is COc1cccc2[nH]c(C(=O)N[C@@H](CC(C)C)C(=O)N[C@@H](C[C@@H]3CCNC3=O)C(=O)COC(C)OC(=O)C(C)C)cc12. The van der Waals surface area contributed by atoms with E-state index < -0.39 is 54.5 Å². The van der Waals surface area contributed by atoms with Crippen LogP contribution in [0.1, 0.15) is 64.4 Å². The van der Waals surface area contributed by atoms with Crippen molar-refractivity contribution in [2.75, 3.05) is 20.3 Å². The van der Waals surface area contributed by atoms with Crippen molar-refractivity contribution in [3.8, 4) is 5.75 Å². The Kier molecular flexibility index (Phi) is 11.5. The molecule has 2 heterocycles. The highest BCUT2D eigenvalue weighted by Crippen LogP contribution is 2.26. The molecule has 1 aromatic heterocycles. The number of carbonyl (C=O) groups excluding carboxylic acids is 5. The van der Waals surface area contributed by atoms with Crippen molar-refractivity contribution in [2.45, 2.75) is 72.3 Å². The molecular formula is C30H42N4O8. The van der Waals surface area contributed by atoms with E-state index in [1.54, 1.807) is 39.2 Å². The van der Waals surface area contributed by atoms with E-state index in [0.717, 1.165) is 5.39 Å². The number of esters is 1. The van der Waals surface area contributed by atoms with E-state index in [1.807, 2.05) is 19.9 Å². The summed E-state index contributed by atoms with van der Waals surface area (Å²) >= 11 is 0. The molecule has 4 N–H and O–H groups in total. The van der Waals surface area contributed by atoms with Gasteiger partial charge in [-0.3, -0.25) is 24.0 Å². The monoisotopic (exact) mass is 586 g/mol. The number of ketones is 1. The second-order valence-electron chi connectivity index (χ2n) is 11.3. The van der Waals surface area contributed by atoms with Crippen LogP contribution in [0.15, 0.2) is 24.3 Å². The van der Waals surface area contributed by atoms with Gasteiger partial charge < -0.3 is 35.1 Å². The van der Waals surface area contributed by atoms with Crippen LogP contribution < -0.4 is 20.7 Å². The number of carbonyl (C=O) groups is 5. The van der Waals surface area contributed by atoms with Crippen LogP contribution >= 0.6 is 0 Å². The van der Waals surface area contributed by atoms with Crippen LogP contribution in [0.2, 0.25) is 0 Å². The first-order valence-electron chi connectivity index (χ1n) is 14.3. The minimum absolute atomic E-state index is 0.0402. The van der Waals surface area contributed by atoms with Gasteiger partial charge in [-0.25, -0.2) is 0 Å². The van der Waals surface area contributed by atoms with Crippen molar-refractivity contribution in [1.82, 2.24) is 20.9 Å². The van der Waals surface area contributed by atoms with E-state index in [4.69, 9.17) is 14.2 Å². The second kappa shape index (κ2) is 14.8. The number of nitrogens with one attached hydrogen (secondary N) is 4. The molecule has 3 amide bonds. The summed E-state index contributed by atoms with van der Waals surface area (Å²) in [5.41, 5.74) is 0.961. The third-order valence-corrected chi connectivity index (χ3v) is 7.02. The number of hydrogen-bond acceptors (Lipinski definition) is 8. The Bertz CT molecular complexity index is 1290. The van der Waals surface area contributed by atoms with Crippen LogP contribution in [-0.2, 0) is 28.7 Å². The summed E-state index contributed by atoms with van der Waals surface area (Å²) < 4.78 is 16.0. The number of methoxy groups -OCH3 is 1. The highest BCUT2D eigenvalue weighted by atomic mass is 16.7. The zero-order valence-corrected chi connectivity index (χ0v) is 25.1. The fourth-order valence-corrected chi connectivity index (χ4v) is 4.70. The maximum atomic E-state index is 13.5. The maximum absolute atomic E-state index is 13.5. The number of benzene rings is 1. The Morgan fingerprint density at radius 2 is 1.79 bits per heavy atom. The van der Waals surface area contributed by atoms with Gasteiger partial charge in [0, 0.05) is 23.4 Å². The molecule has 4 atom stereocenters. The first-order chi connectivity index (χ1) is 19.9. The lowest BCUT2D eigenvalue weighted by Crippen LogP contribution is -2.53. The van der Waals surface area contributed by atoms with Gasteiger partial charge >= 0.3 is 5.97 Å². The highest BCUT2D eigenvalue weighted by molar-refractivity contribution is 6.02. The lowest BCUT2D eigenvalue weighted by molar-refractivity contribution is -0.180. The molecule has 2 aromatic rings. The number of aromatic nitrogens is 1. The third kappa shape index (κ3) is 8.78. The zero-order valence-electron chi connectivity index (χ0n) is 25.1. The minimum Gasteiger partial charge on any atom is -0.496 e. The van der Waals surface area contributed by atoms with E-state index >= 15 is 0 Å². The molecule has 12 heteroatoms. The van der Waals surface area contributed by atoms with E-state index in [2.05, 4.69) is 20.9 Å². The molecule has 1 aromatic carbocycles. The van der Waals surface area contributed by atoms with Crippen molar-refractivity contribution in [3.05, 3.63) is 30.0 Å². The minimum atomic E-state index is -1.05.